The number of carbonyl (C=O) groups excluding carboxylic acids is 1. The molecular weight excluding hydrogens is 364 g/mol. The Morgan fingerprint density at radius 1 is 1.24 bits per heavy atom. The molecule has 0 aliphatic carbocycles. The molecule has 6 heteroatoms. The monoisotopic (exact) mass is 394 g/mol. The number of likely N-dealkylation sites (tertiary alicyclic amines) is 1. The lowest BCUT2D eigenvalue weighted by molar-refractivity contribution is -0.133. The second-order valence-corrected chi connectivity index (χ2v) is 8.62. The second kappa shape index (κ2) is 8.11. The molecule has 1 aromatic heterocycles. The van der Waals surface area contributed by atoms with Gasteiger partial charge in [0.1, 0.15) is 5.82 Å². The molecule has 2 aliphatic heterocycles. The maximum absolute atomic E-state index is 13.1. The van der Waals surface area contributed by atoms with Crippen molar-refractivity contribution < 1.29 is 4.79 Å². The summed E-state index contributed by atoms with van der Waals surface area (Å²) in [5.41, 5.74) is 3.94. The number of amides is 1. The van der Waals surface area contributed by atoms with Crippen LogP contribution in [0.15, 0.2) is 29.1 Å². The van der Waals surface area contributed by atoms with Gasteiger partial charge in [-0.2, -0.15) is 0 Å². The highest BCUT2D eigenvalue weighted by Crippen LogP contribution is 2.28. The number of aromatic amines is 1. The van der Waals surface area contributed by atoms with E-state index in [4.69, 9.17) is 4.98 Å². The SMILES string of the molecule is Cc1ccc([C@@H](C)C(=O)N2CCC[C@@H](c3nc4c(c(=O)[nH]3)CN(C)CC4)C2)cc1. The number of H-pyrrole nitrogens is 1. The third-order valence-corrected chi connectivity index (χ3v) is 6.35. The fourth-order valence-electron chi connectivity index (χ4n) is 4.44. The smallest absolute Gasteiger partial charge is 0.255 e. The first-order chi connectivity index (χ1) is 13.9. The van der Waals surface area contributed by atoms with Crippen LogP contribution in [0, 0.1) is 6.92 Å². The van der Waals surface area contributed by atoms with E-state index in [2.05, 4.69) is 28.9 Å². The Hall–Kier alpha value is -2.47. The molecule has 0 unspecified atom stereocenters. The fourth-order valence-corrected chi connectivity index (χ4v) is 4.44. The summed E-state index contributed by atoms with van der Waals surface area (Å²) in [4.78, 5) is 37.7. The number of fused-ring (bicyclic) bond motifs is 1. The van der Waals surface area contributed by atoms with Gasteiger partial charge in [0.2, 0.25) is 5.91 Å². The molecule has 3 heterocycles. The summed E-state index contributed by atoms with van der Waals surface area (Å²) in [6.45, 7) is 7.00. The quantitative estimate of drug-likeness (QED) is 0.869. The third-order valence-electron chi connectivity index (χ3n) is 6.35. The number of benzene rings is 1. The van der Waals surface area contributed by atoms with E-state index in [1.807, 2.05) is 31.0 Å². The zero-order valence-corrected chi connectivity index (χ0v) is 17.6. The summed E-state index contributed by atoms with van der Waals surface area (Å²) in [7, 11) is 2.02. The number of nitrogens with zero attached hydrogens (tertiary/aromatic N) is 3. The van der Waals surface area contributed by atoms with E-state index in [1.54, 1.807) is 0 Å². The minimum atomic E-state index is -0.166. The van der Waals surface area contributed by atoms with Crippen LogP contribution in [0.1, 0.15) is 59.8 Å². The van der Waals surface area contributed by atoms with E-state index >= 15 is 0 Å². The van der Waals surface area contributed by atoms with Gasteiger partial charge in [-0.25, -0.2) is 4.98 Å². The van der Waals surface area contributed by atoms with Crippen LogP contribution in [-0.2, 0) is 17.8 Å². The maximum atomic E-state index is 13.1. The van der Waals surface area contributed by atoms with Gasteiger partial charge in [0.15, 0.2) is 0 Å². The average Bonchev–Trinajstić information content (AvgIpc) is 2.73. The summed E-state index contributed by atoms with van der Waals surface area (Å²) < 4.78 is 0. The van der Waals surface area contributed by atoms with Gasteiger partial charge in [-0.05, 0) is 39.3 Å². The Labute approximate surface area is 172 Å². The highest BCUT2D eigenvalue weighted by molar-refractivity contribution is 5.83. The molecule has 1 amide bonds. The fraction of sp³-hybridized carbons (Fsp3) is 0.522. The number of rotatable bonds is 3. The van der Waals surface area contributed by atoms with Crippen molar-refractivity contribution in [1.29, 1.82) is 0 Å². The van der Waals surface area contributed by atoms with Crippen LogP contribution in [0.25, 0.3) is 0 Å². The van der Waals surface area contributed by atoms with Crippen molar-refractivity contribution >= 4 is 5.91 Å². The molecule has 6 nitrogen and oxygen atoms in total. The standard InChI is InChI=1S/C23H30N4O2/c1-15-6-8-17(9-7-15)16(2)23(29)27-11-4-5-18(13-27)21-24-20-10-12-26(3)14-19(20)22(28)25-21/h6-9,16,18H,4-5,10-14H2,1-3H3,(H,24,25,28)/t16-,18-/m1/s1. The van der Waals surface area contributed by atoms with E-state index in [0.717, 1.165) is 55.0 Å². The Kier molecular flexibility index (Phi) is 5.54. The Bertz CT molecular complexity index is 950. The predicted molar refractivity (Wildman–Crippen MR) is 113 cm³/mol. The van der Waals surface area contributed by atoms with Crippen LogP contribution in [0.4, 0.5) is 0 Å². The summed E-state index contributed by atoms with van der Waals surface area (Å²) in [5.74, 6) is 0.829. The van der Waals surface area contributed by atoms with Gasteiger partial charge >= 0.3 is 0 Å². The van der Waals surface area contributed by atoms with E-state index < -0.39 is 0 Å². The van der Waals surface area contributed by atoms with Gasteiger partial charge in [-0.3, -0.25) is 9.59 Å². The molecule has 1 fully saturated rings. The lowest BCUT2D eigenvalue weighted by Crippen LogP contribution is -2.42. The molecule has 0 bridgehead atoms. The molecular formula is C23H30N4O2. The van der Waals surface area contributed by atoms with E-state index in [0.29, 0.717) is 13.1 Å². The lowest BCUT2D eigenvalue weighted by Gasteiger charge is -2.34. The summed E-state index contributed by atoms with van der Waals surface area (Å²) in [5, 5.41) is 0. The zero-order valence-electron chi connectivity index (χ0n) is 17.6. The van der Waals surface area contributed by atoms with Crippen molar-refractivity contribution in [3.05, 3.63) is 62.8 Å². The Morgan fingerprint density at radius 3 is 2.76 bits per heavy atom. The van der Waals surface area contributed by atoms with Gasteiger partial charge in [0.25, 0.3) is 5.56 Å². The van der Waals surface area contributed by atoms with Crippen LogP contribution in [0.3, 0.4) is 0 Å². The van der Waals surface area contributed by atoms with Crippen LogP contribution < -0.4 is 5.56 Å². The van der Waals surface area contributed by atoms with Gasteiger partial charge in [0, 0.05) is 38.5 Å². The summed E-state index contributed by atoms with van der Waals surface area (Å²) in [6, 6.07) is 8.19. The minimum absolute atomic E-state index is 0.0203. The van der Waals surface area contributed by atoms with Gasteiger partial charge in [-0.1, -0.05) is 29.8 Å². The molecule has 0 radical (unpaired) electrons. The van der Waals surface area contributed by atoms with Crippen LogP contribution in [0.5, 0.6) is 0 Å². The molecule has 1 saturated heterocycles. The molecule has 4 rings (SSSR count). The molecule has 0 spiro atoms. The molecule has 1 N–H and O–H groups in total. The topological polar surface area (TPSA) is 69.3 Å². The zero-order chi connectivity index (χ0) is 20.5. The predicted octanol–water partition coefficient (Wildman–Crippen LogP) is 2.58. The largest absolute Gasteiger partial charge is 0.341 e. The van der Waals surface area contributed by atoms with E-state index in [-0.39, 0.29) is 23.3 Å². The first-order valence-corrected chi connectivity index (χ1v) is 10.6. The molecule has 29 heavy (non-hydrogen) atoms. The normalized spacial score (nSPS) is 20.9. The van der Waals surface area contributed by atoms with Crippen molar-refractivity contribution in [2.24, 2.45) is 0 Å². The Morgan fingerprint density at radius 2 is 2.00 bits per heavy atom. The van der Waals surface area contributed by atoms with E-state index in [9.17, 15) is 9.59 Å². The van der Waals surface area contributed by atoms with Gasteiger partial charge in [0.05, 0.1) is 17.2 Å². The molecule has 2 atom stereocenters. The van der Waals surface area contributed by atoms with Crippen molar-refractivity contribution in [3.8, 4) is 0 Å². The van der Waals surface area contributed by atoms with Crippen LogP contribution in [-0.4, -0.2) is 52.4 Å². The van der Waals surface area contributed by atoms with Gasteiger partial charge in [-0.15, -0.1) is 0 Å². The summed E-state index contributed by atoms with van der Waals surface area (Å²) >= 11 is 0. The average molecular weight is 395 g/mol. The maximum Gasteiger partial charge on any atom is 0.255 e. The molecule has 2 aliphatic rings. The van der Waals surface area contributed by atoms with Crippen molar-refractivity contribution in [3.63, 3.8) is 0 Å². The van der Waals surface area contributed by atoms with Crippen LogP contribution >= 0.6 is 0 Å². The lowest BCUT2D eigenvalue weighted by atomic mass is 9.93. The number of piperidine rings is 1. The minimum Gasteiger partial charge on any atom is -0.341 e. The number of nitrogens with one attached hydrogen (secondary N) is 1. The number of aromatic nitrogens is 2. The molecule has 2 aromatic rings. The first kappa shape index (κ1) is 19.8. The highest BCUT2D eigenvalue weighted by Gasteiger charge is 2.30. The second-order valence-electron chi connectivity index (χ2n) is 8.62. The number of hydrogen-bond acceptors (Lipinski definition) is 4. The van der Waals surface area contributed by atoms with Crippen molar-refractivity contribution in [2.45, 2.75) is 51.5 Å². The van der Waals surface area contributed by atoms with Crippen molar-refractivity contribution in [2.75, 3.05) is 26.7 Å². The number of aryl methyl sites for hydroxylation is 1. The molecule has 154 valence electrons. The van der Waals surface area contributed by atoms with Gasteiger partial charge < -0.3 is 14.8 Å². The number of hydrogen-bond donors (Lipinski definition) is 1. The third kappa shape index (κ3) is 4.13. The van der Waals surface area contributed by atoms with Crippen molar-refractivity contribution in [1.82, 2.24) is 19.8 Å². The number of carbonyl (C=O) groups is 1. The van der Waals surface area contributed by atoms with Crippen LogP contribution in [0.2, 0.25) is 0 Å². The van der Waals surface area contributed by atoms with E-state index in [1.165, 1.54) is 5.56 Å². The first-order valence-electron chi connectivity index (χ1n) is 10.6. The highest BCUT2D eigenvalue weighted by atomic mass is 16.2. The molecule has 1 aromatic carbocycles. The molecule has 0 saturated carbocycles. The number of likely N-dealkylation sites (N-methyl/N-ethyl adjacent to an activating group) is 1. The Balaban J connectivity index is 1.51. The summed E-state index contributed by atoms with van der Waals surface area (Å²) in [6.07, 6.45) is 2.69.